The van der Waals surface area contributed by atoms with Crippen LogP contribution in [-0.2, 0) is 13.2 Å². The lowest BCUT2D eigenvalue weighted by atomic mass is 10.2. The summed E-state index contributed by atoms with van der Waals surface area (Å²) in [6, 6.07) is 14.5. The fraction of sp³-hybridized carbons (Fsp3) is 0.400. The van der Waals surface area contributed by atoms with Gasteiger partial charge in [0.2, 0.25) is 0 Å². The van der Waals surface area contributed by atoms with Gasteiger partial charge in [-0.1, -0.05) is 56.5 Å². The summed E-state index contributed by atoms with van der Waals surface area (Å²) in [6.45, 7) is 4.75. The number of unbranched alkanes of at least 4 members (excludes halogenated alkanes) is 3. The predicted molar refractivity (Wildman–Crippen MR) is 116 cm³/mol. The van der Waals surface area contributed by atoms with Crippen LogP contribution >= 0.6 is 44.3 Å². The Hall–Kier alpha value is -0.550. The van der Waals surface area contributed by atoms with Crippen LogP contribution in [0.2, 0.25) is 0 Å². The molecule has 25 heavy (non-hydrogen) atoms. The van der Waals surface area contributed by atoms with Crippen molar-refractivity contribution in [1.29, 1.82) is 0 Å². The molecular formula is C20H26Br2ClNO. The number of nitrogens with one attached hydrogen (secondary N) is 1. The largest absolute Gasteiger partial charge is 0.487 e. The summed E-state index contributed by atoms with van der Waals surface area (Å²) in [5.41, 5.74) is 2.41. The average Bonchev–Trinajstić information content (AvgIpc) is 2.58. The number of benzene rings is 2. The van der Waals surface area contributed by atoms with E-state index in [0.29, 0.717) is 6.61 Å². The van der Waals surface area contributed by atoms with Gasteiger partial charge in [-0.15, -0.1) is 12.4 Å². The summed E-state index contributed by atoms with van der Waals surface area (Å²) < 4.78 is 7.93. The van der Waals surface area contributed by atoms with Crippen LogP contribution in [0.4, 0.5) is 0 Å². The molecule has 0 atom stereocenters. The molecule has 0 saturated heterocycles. The lowest BCUT2D eigenvalue weighted by molar-refractivity contribution is 0.302. The van der Waals surface area contributed by atoms with Crippen molar-refractivity contribution < 1.29 is 4.74 Å². The Morgan fingerprint density at radius 3 is 2.24 bits per heavy atom. The molecular weight excluding hydrogens is 465 g/mol. The minimum atomic E-state index is 0. The fourth-order valence-corrected chi connectivity index (χ4v) is 4.00. The molecule has 0 aliphatic carbocycles. The quantitative estimate of drug-likeness (QED) is 0.366. The molecule has 2 aromatic carbocycles. The Morgan fingerprint density at radius 1 is 0.920 bits per heavy atom. The van der Waals surface area contributed by atoms with Crippen LogP contribution in [0.25, 0.3) is 0 Å². The third kappa shape index (κ3) is 8.12. The zero-order chi connectivity index (χ0) is 17.2. The minimum absolute atomic E-state index is 0. The molecule has 0 heterocycles. The van der Waals surface area contributed by atoms with E-state index < -0.39 is 0 Å². The predicted octanol–water partition coefficient (Wildman–Crippen LogP) is 6.88. The monoisotopic (exact) mass is 489 g/mol. The summed E-state index contributed by atoms with van der Waals surface area (Å²) in [5, 5.41) is 3.51. The van der Waals surface area contributed by atoms with E-state index in [2.05, 4.69) is 68.4 Å². The average molecular weight is 492 g/mol. The van der Waals surface area contributed by atoms with Crippen LogP contribution in [0.5, 0.6) is 5.75 Å². The van der Waals surface area contributed by atoms with Crippen LogP contribution < -0.4 is 10.1 Å². The number of hydrogen-bond donors (Lipinski definition) is 1. The lowest BCUT2D eigenvalue weighted by Crippen LogP contribution is -2.14. The highest BCUT2D eigenvalue weighted by Crippen LogP contribution is 2.35. The van der Waals surface area contributed by atoms with Crippen molar-refractivity contribution in [1.82, 2.24) is 5.32 Å². The van der Waals surface area contributed by atoms with Crippen molar-refractivity contribution in [2.45, 2.75) is 45.8 Å². The number of rotatable bonds is 10. The molecule has 0 saturated carbocycles. The molecule has 0 amide bonds. The van der Waals surface area contributed by atoms with E-state index in [0.717, 1.165) is 33.3 Å². The van der Waals surface area contributed by atoms with Crippen molar-refractivity contribution in [2.24, 2.45) is 0 Å². The third-order valence-corrected chi connectivity index (χ3v) is 5.00. The van der Waals surface area contributed by atoms with Gasteiger partial charge >= 0.3 is 0 Å². The van der Waals surface area contributed by atoms with Crippen LogP contribution in [0.1, 0.15) is 43.7 Å². The van der Waals surface area contributed by atoms with E-state index in [1.165, 1.54) is 31.2 Å². The second-order valence-electron chi connectivity index (χ2n) is 5.90. The Morgan fingerprint density at radius 2 is 1.60 bits per heavy atom. The van der Waals surface area contributed by atoms with Gasteiger partial charge in [-0.2, -0.15) is 0 Å². The minimum Gasteiger partial charge on any atom is -0.487 e. The van der Waals surface area contributed by atoms with E-state index in [9.17, 15) is 0 Å². The normalized spacial score (nSPS) is 10.4. The van der Waals surface area contributed by atoms with Gasteiger partial charge in [0.05, 0.1) is 8.95 Å². The van der Waals surface area contributed by atoms with E-state index in [1.54, 1.807) is 0 Å². The van der Waals surface area contributed by atoms with Crippen LogP contribution in [0.3, 0.4) is 0 Å². The molecule has 0 aliphatic heterocycles. The molecule has 2 nitrogen and oxygen atoms in total. The first kappa shape index (κ1) is 22.5. The molecule has 1 N–H and O–H groups in total. The van der Waals surface area contributed by atoms with Gasteiger partial charge in [-0.25, -0.2) is 0 Å². The van der Waals surface area contributed by atoms with Crippen molar-refractivity contribution in [3.8, 4) is 5.75 Å². The van der Waals surface area contributed by atoms with Gasteiger partial charge < -0.3 is 10.1 Å². The van der Waals surface area contributed by atoms with E-state index in [4.69, 9.17) is 4.74 Å². The summed E-state index contributed by atoms with van der Waals surface area (Å²) >= 11 is 7.26. The molecule has 2 rings (SSSR count). The maximum Gasteiger partial charge on any atom is 0.148 e. The van der Waals surface area contributed by atoms with E-state index in [1.807, 2.05) is 18.2 Å². The number of ether oxygens (including phenoxy) is 1. The first-order valence-corrected chi connectivity index (χ1v) is 10.1. The second-order valence-corrected chi connectivity index (χ2v) is 7.61. The Kier molecular flexibility index (Phi) is 11.5. The van der Waals surface area contributed by atoms with Gasteiger partial charge in [0, 0.05) is 6.54 Å². The van der Waals surface area contributed by atoms with Crippen molar-refractivity contribution in [3.05, 3.63) is 62.5 Å². The summed E-state index contributed by atoms with van der Waals surface area (Å²) in [7, 11) is 0. The zero-order valence-corrected chi connectivity index (χ0v) is 18.6. The van der Waals surface area contributed by atoms with Crippen molar-refractivity contribution >= 4 is 44.3 Å². The molecule has 0 radical (unpaired) electrons. The lowest BCUT2D eigenvalue weighted by Gasteiger charge is -2.13. The summed E-state index contributed by atoms with van der Waals surface area (Å²) in [6.07, 6.45) is 5.16. The topological polar surface area (TPSA) is 21.3 Å². The molecule has 2 aromatic rings. The summed E-state index contributed by atoms with van der Waals surface area (Å²) in [4.78, 5) is 0. The third-order valence-electron chi connectivity index (χ3n) is 3.82. The van der Waals surface area contributed by atoms with Crippen molar-refractivity contribution in [3.63, 3.8) is 0 Å². The smallest absolute Gasteiger partial charge is 0.148 e. The molecule has 138 valence electrons. The second kappa shape index (κ2) is 12.7. The Labute approximate surface area is 174 Å². The SMILES string of the molecule is CCCCCCNCc1cc(Br)c(OCc2ccccc2)c(Br)c1.Cl. The van der Waals surface area contributed by atoms with E-state index >= 15 is 0 Å². The number of halogens is 3. The van der Waals surface area contributed by atoms with Gasteiger partial charge in [0.15, 0.2) is 0 Å². The maximum atomic E-state index is 5.96. The summed E-state index contributed by atoms with van der Waals surface area (Å²) in [5.74, 6) is 0.852. The van der Waals surface area contributed by atoms with Crippen LogP contribution in [0, 0.1) is 0 Å². The van der Waals surface area contributed by atoms with Crippen molar-refractivity contribution in [2.75, 3.05) is 6.54 Å². The molecule has 0 bridgehead atoms. The first-order chi connectivity index (χ1) is 11.7. The van der Waals surface area contributed by atoms with E-state index in [-0.39, 0.29) is 12.4 Å². The zero-order valence-electron chi connectivity index (χ0n) is 14.6. The van der Waals surface area contributed by atoms with Gasteiger partial charge in [-0.3, -0.25) is 0 Å². The molecule has 0 unspecified atom stereocenters. The fourth-order valence-electron chi connectivity index (χ4n) is 2.49. The van der Waals surface area contributed by atoms with Crippen LogP contribution in [0.15, 0.2) is 51.4 Å². The highest BCUT2D eigenvalue weighted by Gasteiger charge is 2.09. The molecule has 0 aromatic heterocycles. The molecule has 0 aliphatic rings. The van der Waals surface area contributed by atoms with Gasteiger partial charge in [0.25, 0.3) is 0 Å². The highest BCUT2D eigenvalue weighted by molar-refractivity contribution is 9.11. The highest BCUT2D eigenvalue weighted by atomic mass is 79.9. The molecule has 0 spiro atoms. The van der Waals surface area contributed by atoms with Crippen LogP contribution in [-0.4, -0.2) is 6.54 Å². The maximum absolute atomic E-state index is 5.96. The van der Waals surface area contributed by atoms with Gasteiger partial charge in [-0.05, 0) is 68.1 Å². The Bertz CT molecular complexity index is 599. The molecule has 5 heteroatoms. The molecule has 0 fully saturated rings. The Balaban J connectivity index is 0.00000312. The standard InChI is InChI=1S/C20H25Br2NO.ClH/c1-2-3-4-8-11-23-14-17-12-18(21)20(19(22)13-17)24-15-16-9-6-5-7-10-16;/h5-7,9-10,12-13,23H,2-4,8,11,14-15H2,1H3;1H. The first-order valence-electron chi connectivity index (χ1n) is 8.56. The number of hydrogen-bond acceptors (Lipinski definition) is 2. The van der Waals surface area contributed by atoms with Gasteiger partial charge in [0.1, 0.15) is 12.4 Å².